The Balaban J connectivity index is 1.51. The molecule has 1 saturated heterocycles. The smallest absolute Gasteiger partial charge is 0.253 e. The van der Waals surface area contributed by atoms with Gasteiger partial charge in [-0.15, -0.1) is 0 Å². The highest BCUT2D eigenvalue weighted by Crippen LogP contribution is 2.25. The van der Waals surface area contributed by atoms with E-state index < -0.39 is 0 Å². The summed E-state index contributed by atoms with van der Waals surface area (Å²) in [5.74, 6) is 0.604. The molecule has 0 saturated carbocycles. The van der Waals surface area contributed by atoms with Crippen LogP contribution in [0.5, 0.6) is 5.75 Å². The molecule has 0 bridgehead atoms. The minimum absolute atomic E-state index is 0.0223. The van der Waals surface area contributed by atoms with E-state index in [2.05, 4.69) is 29.2 Å². The maximum absolute atomic E-state index is 12.7. The summed E-state index contributed by atoms with van der Waals surface area (Å²) >= 11 is 6.13. The van der Waals surface area contributed by atoms with Crippen LogP contribution in [-0.2, 0) is 0 Å². The van der Waals surface area contributed by atoms with Crippen LogP contribution in [0.15, 0.2) is 54.6 Å². The largest absolute Gasteiger partial charge is 0.495 e. The Labute approximate surface area is 159 Å². The first-order valence-electron chi connectivity index (χ1n) is 8.74. The van der Waals surface area contributed by atoms with Crippen molar-refractivity contribution >= 4 is 23.6 Å². The molecule has 1 aliphatic heterocycles. The second-order valence-electron chi connectivity index (χ2n) is 6.26. The van der Waals surface area contributed by atoms with Crippen LogP contribution in [0.25, 0.3) is 6.08 Å². The van der Waals surface area contributed by atoms with Crippen LogP contribution in [-0.4, -0.2) is 55.5 Å². The quantitative estimate of drug-likeness (QED) is 0.802. The number of piperazine rings is 1. The molecule has 1 aliphatic rings. The maximum atomic E-state index is 12.7. The Kier molecular flexibility index (Phi) is 6.31. The first-order chi connectivity index (χ1) is 12.7. The molecule has 0 atom stereocenters. The molecule has 26 heavy (non-hydrogen) atoms. The van der Waals surface area contributed by atoms with Crippen LogP contribution >= 0.6 is 11.6 Å². The highest BCUT2D eigenvalue weighted by molar-refractivity contribution is 6.32. The second kappa shape index (κ2) is 8.88. The number of nitrogens with zero attached hydrogens (tertiary/aromatic N) is 2. The lowest BCUT2D eigenvalue weighted by Gasteiger charge is -2.34. The van der Waals surface area contributed by atoms with Crippen molar-refractivity contribution in [2.24, 2.45) is 0 Å². The molecule has 2 aromatic rings. The fourth-order valence-electron chi connectivity index (χ4n) is 3.02. The summed E-state index contributed by atoms with van der Waals surface area (Å²) in [7, 11) is 1.56. The topological polar surface area (TPSA) is 32.8 Å². The van der Waals surface area contributed by atoms with Crippen molar-refractivity contribution in [3.8, 4) is 5.75 Å². The zero-order valence-electron chi connectivity index (χ0n) is 14.9. The Morgan fingerprint density at radius 3 is 2.50 bits per heavy atom. The fraction of sp³-hybridized carbons (Fsp3) is 0.286. The molecule has 0 spiro atoms. The number of amides is 1. The summed E-state index contributed by atoms with van der Waals surface area (Å²) in [6.45, 7) is 4.08. The summed E-state index contributed by atoms with van der Waals surface area (Å²) in [4.78, 5) is 16.9. The number of rotatable bonds is 5. The normalized spacial score (nSPS) is 15.4. The predicted octanol–water partition coefficient (Wildman–Crippen LogP) is 3.82. The summed E-state index contributed by atoms with van der Waals surface area (Å²) in [6.07, 6.45) is 4.31. The minimum atomic E-state index is 0.0223. The van der Waals surface area contributed by atoms with E-state index in [9.17, 15) is 4.79 Å². The summed E-state index contributed by atoms with van der Waals surface area (Å²) < 4.78 is 5.14. The monoisotopic (exact) mass is 370 g/mol. The first kappa shape index (κ1) is 18.5. The number of hydrogen-bond donors (Lipinski definition) is 0. The van der Waals surface area contributed by atoms with E-state index in [-0.39, 0.29) is 5.91 Å². The van der Waals surface area contributed by atoms with Gasteiger partial charge in [0.2, 0.25) is 0 Å². The Bertz CT molecular complexity index is 769. The van der Waals surface area contributed by atoms with Crippen LogP contribution in [0, 0.1) is 0 Å². The molecule has 2 aromatic carbocycles. The molecular weight excluding hydrogens is 348 g/mol. The lowest BCUT2D eigenvalue weighted by molar-refractivity contribution is 0.0650. The van der Waals surface area contributed by atoms with Gasteiger partial charge in [0.15, 0.2) is 0 Å². The SMILES string of the molecule is COc1ccc(C(=O)N2CCN(C/C=C/c3ccccc3)CC2)cc1Cl. The van der Waals surface area contributed by atoms with Crippen molar-refractivity contribution in [3.63, 3.8) is 0 Å². The zero-order chi connectivity index (χ0) is 18.4. The van der Waals surface area contributed by atoms with Crippen LogP contribution in [0.3, 0.4) is 0 Å². The van der Waals surface area contributed by atoms with Crippen molar-refractivity contribution in [2.75, 3.05) is 39.8 Å². The summed E-state index contributed by atoms with van der Waals surface area (Å²) in [6, 6.07) is 15.5. The van der Waals surface area contributed by atoms with E-state index in [0.29, 0.717) is 16.3 Å². The zero-order valence-corrected chi connectivity index (χ0v) is 15.7. The molecule has 0 unspecified atom stereocenters. The standard InChI is InChI=1S/C21H23ClN2O2/c1-26-20-10-9-18(16-19(20)22)21(25)24-14-12-23(13-15-24)11-5-8-17-6-3-2-4-7-17/h2-10,16H,11-15H2,1H3/b8-5+. The van der Waals surface area contributed by atoms with Gasteiger partial charge < -0.3 is 9.64 Å². The van der Waals surface area contributed by atoms with E-state index in [1.54, 1.807) is 25.3 Å². The van der Waals surface area contributed by atoms with Crippen LogP contribution < -0.4 is 4.74 Å². The number of carbonyl (C=O) groups excluding carboxylic acids is 1. The Morgan fingerprint density at radius 1 is 1.12 bits per heavy atom. The van der Waals surface area contributed by atoms with Gasteiger partial charge in [0.05, 0.1) is 12.1 Å². The lowest BCUT2D eigenvalue weighted by Crippen LogP contribution is -2.48. The van der Waals surface area contributed by atoms with Gasteiger partial charge in [-0.2, -0.15) is 0 Å². The van der Waals surface area contributed by atoms with E-state index in [1.807, 2.05) is 23.1 Å². The average molecular weight is 371 g/mol. The van der Waals surface area contributed by atoms with Crippen LogP contribution in [0.1, 0.15) is 15.9 Å². The summed E-state index contributed by atoms with van der Waals surface area (Å²) in [5.41, 5.74) is 1.81. The third kappa shape index (κ3) is 4.65. The van der Waals surface area contributed by atoms with Crippen molar-refractivity contribution < 1.29 is 9.53 Å². The van der Waals surface area contributed by atoms with E-state index in [1.165, 1.54) is 5.56 Å². The van der Waals surface area contributed by atoms with Gasteiger partial charge in [-0.05, 0) is 23.8 Å². The van der Waals surface area contributed by atoms with Gasteiger partial charge in [0.1, 0.15) is 5.75 Å². The predicted molar refractivity (Wildman–Crippen MR) is 106 cm³/mol. The molecule has 0 aliphatic carbocycles. The molecule has 1 amide bonds. The number of ether oxygens (including phenoxy) is 1. The first-order valence-corrected chi connectivity index (χ1v) is 9.12. The van der Waals surface area contributed by atoms with E-state index in [4.69, 9.17) is 16.3 Å². The Hall–Kier alpha value is -2.30. The van der Waals surface area contributed by atoms with Gasteiger partial charge in [-0.1, -0.05) is 54.1 Å². The number of benzene rings is 2. The molecule has 1 heterocycles. The third-order valence-electron chi connectivity index (χ3n) is 4.53. The van der Waals surface area contributed by atoms with Crippen molar-refractivity contribution in [1.82, 2.24) is 9.80 Å². The Morgan fingerprint density at radius 2 is 1.85 bits per heavy atom. The number of hydrogen-bond acceptors (Lipinski definition) is 3. The maximum Gasteiger partial charge on any atom is 0.253 e. The van der Waals surface area contributed by atoms with Crippen LogP contribution in [0.2, 0.25) is 5.02 Å². The molecule has 0 radical (unpaired) electrons. The molecule has 0 aromatic heterocycles. The van der Waals surface area contributed by atoms with Gasteiger partial charge in [-0.25, -0.2) is 0 Å². The number of carbonyl (C=O) groups is 1. The van der Waals surface area contributed by atoms with Crippen molar-refractivity contribution in [3.05, 3.63) is 70.8 Å². The second-order valence-corrected chi connectivity index (χ2v) is 6.66. The highest BCUT2D eigenvalue weighted by atomic mass is 35.5. The van der Waals surface area contributed by atoms with E-state index in [0.717, 1.165) is 32.7 Å². The van der Waals surface area contributed by atoms with Gasteiger partial charge in [0, 0.05) is 38.3 Å². The lowest BCUT2D eigenvalue weighted by atomic mass is 10.1. The van der Waals surface area contributed by atoms with Crippen molar-refractivity contribution in [1.29, 1.82) is 0 Å². The molecule has 3 rings (SSSR count). The molecule has 0 N–H and O–H groups in total. The van der Waals surface area contributed by atoms with Gasteiger partial charge >= 0.3 is 0 Å². The van der Waals surface area contributed by atoms with Gasteiger partial charge in [-0.3, -0.25) is 9.69 Å². The van der Waals surface area contributed by atoms with Crippen LogP contribution in [0.4, 0.5) is 0 Å². The third-order valence-corrected chi connectivity index (χ3v) is 4.83. The number of methoxy groups -OCH3 is 1. The average Bonchev–Trinajstić information content (AvgIpc) is 2.69. The van der Waals surface area contributed by atoms with Gasteiger partial charge in [0.25, 0.3) is 5.91 Å². The highest BCUT2D eigenvalue weighted by Gasteiger charge is 2.22. The minimum Gasteiger partial charge on any atom is -0.495 e. The van der Waals surface area contributed by atoms with Crippen molar-refractivity contribution in [2.45, 2.75) is 0 Å². The fourth-order valence-corrected chi connectivity index (χ4v) is 3.28. The molecule has 5 heteroatoms. The molecule has 136 valence electrons. The molecular formula is C21H23ClN2O2. The van der Waals surface area contributed by atoms with E-state index >= 15 is 0 Å². The molecule has 4 nitrogen and oxygen atoms in total. The number of halogens is 1. The molecule has 1 fully saturated rings. The summed E-state index contributed by atoms with van der Waals surface area (Å²) in [5, 5.41) is 0.461.